The second-order valence-electron chi connectivity index (χ2n) is 6.57. The van der Waals surface area contributed by atoms with E-state index in [1.165, 1.54) is 0 Å². The van der Waals surface area contributed by atoms with Gasteiger partial charge in [0.15, 0.2) is 0 Å². The van der Waals surface area contributed by atoms with Crippen molar-refractivity contribution in [2.45, 2.75) is 51.7 Å². The molecule has 1 aromatic heterocycles. The third-order valence-corrected chi connectivity index (χ3v) is 3.68. The maximum atomic E-state index is 12.2. The summed E-state index contributed by atoms with van der Waals surface area (Å²) >= 11 is 0. The fraction of sp³-hybridized carbons (Fsp3) is 0.625. The molecule has 2 rings (SSSR count). The van der Waals surface area contributed by atoms with E-state index in [1.807, 2.05) is 39.8 Å². The monoisotopic (exact) mass is 292 g/mol. The van der Waals surface area contributed by atoms with Gasteiger partial charge in [0, 0.05) is 30.9 Å². The topological polar surface area (TPSA) is 62.7 Å². The van der Waals surface area contributed by atoms with Crippen molar-refractivity contribution in [1.29, 1.82) is 0 Å². The molecule has 5 heteroatoms. The van der Waals surface area contributed by atoms with Gasteiger partial charge in [-0.3, -0.25) is 4.98 Å². The van der Waals surface area contributed by atoms with Gasteiger partial charge in [0.05, 0.1) is 6.10 Å². The zero-order valence-corrected chi connectivity index (χ0v) is 13.2. The van der Waals surface area contributed by atoms with Crippen LogP contribution in [-0.2, 0) is 4.74 Å². The first-order chi connectivity index (χ1) is 9.78. The molecule has 2 atom stereocenters. The second kappa shape index (κ2) is 6.02. The van der Waals surface area contributed by atoms with Crippen molar-refractivity contribution >= 4 is 6.09 Å². The van der Waals surface area contributed by atoms with Gasteiger partial charge in [0.2, 0.25) is 0 Å². The lowest BCUT2D eigenvalue weighted by molar-refractivity contribution is 0.00396. The van der Waals surface area contributed by atoms with Gasteiger partial charge in [-0.1, -0.05) is 6.07 Å². The number of aliphatic hydroxyl groups is 1. The van der Waals surface area contributed by atoms with E-state index in [1.54, 1.807) is 11.1 Å². The Morgan fingerprint density at radius 2 is 2.19 bits per heavy atom. The molecule has 0 aliphatic carbocycles. The lowest BCUT2D eigenvalue weighted by Crippen LogP contribution is -2.46. The van der Waals surface area contributed by atoms with Crippen LogP contribution in [0.1, 0.15) is 44.4 Å². The first-order valence-corrected chi connectivity index (χ1v) is 7.35. The highest BCUT2D eigenvalue weighted by Gasteiger charge is 2.34. The zero-order chi connectivity index (χ0) is 15.6. The van der Waals surface area contributed by atoms with Gasteiger partial charge in [-0.2, -0.15) is 0 Å². The molecular formula is C16H24N2O3. The summed E-state index contributed by atoms with van der Waals surface area (Å²) in [5.74, 6) is -0.111. The number of rotatable bonds is 1. The molecule has 21 heavy (non-hydrogen) atoms. The maximum absolute atomic E-state index is 12.2. The van der Waals surface area contributed by atoms with E-state index in [-0.39, 0.29) is 12.0 Å². The summed E-state index contributed by atoms with van der Waals surface area (Å²) in [6.07, 6.45) is 1.52. The van der Waals surface area contributed by atoms with Crippen LogP contribution < -0.4 is 0 Å². The van der Waals surface area contributed by atoms with Crippen LogP contribution in [0.2, 0.25) is 0 Å². The van der Waals surface area contributed by atoms with Crippen molar-refractivity contribution in [1.82, 2.24) is 9.88 Å². The Morgan fingerprint density at radius 1 is 1.48 bits per heavy atom. The average Bonchev–Trinajstić information content (AvgIpc) is 2.38. The number of carbonyl (C=O) groups is 1. The quantitative estimate of drug-likeness (QED) is 0.863. The Bertz CT molecular complexity index is 510. The molecule has 1 fully saturated rings. The Kier molecular flexibility index (Phi) is 4.52. The van der Waals surface area contributed by atoms with Gasteiger partial charge in [-0.05, 0) is 45.7 Å². The van der Waals surface area contributed by atoms with Crippen LogP contribution in [0.15, 0.2) is 18.3 Å². The van der Waals surface area contributed by atoms with Crippen molar-refractivity contribution in [3.05, 3.63) is 29.6 Å². The zero-order valence-electron chi connectivity index (χ0n) is 13.2. The van der Waals surface area contributed by atoms with Crippen LogP contribution >= 0.6 is 0 Å². The molecule has 1 saturated heterocycles. The molecule has 1 aliphatic heterocycles. The molecule has 1 amide bonds. The number of hydrogen-bond acceptors (Lipinski definition) is 4. The predicted octanol–water partition coefficient (Wildman–Crippen LogP) is 2.48. The highest BCUT2D eigenvalue weighted by Crippen LogP contribution is 2.29. The number of piperidine rings is 1. The second-order valence-corrected chi connectivity index (χ2v) is 6.57. The summed E-state index contributed by atoms with van der Waals surface area (Å²) < 4.78 is 5.42. The molecule has 2 heterocycles. The van der Waals surface area contributed by atoms with Gasteiger partial charge in [-0.15, -0.1) is 0 Å². The summed E-state index contributed by atoms with van der Waals surface area (Å²) in [5.41, 5.74) is 1.39. The molecule has 0 unspecified atom stereocenters. The number of hydrogen-bond donors (Lipinski definition) is 1. The summed E-state index contributed by atoms with van der Waals surface area (Å²) in [7, 11) is 0. The van der Waals surface area contributed by atoms with Gasteiger partial charge in [-0.25, -0.2) is 4.79 Å². The Balaban J connectivity index is 2.13. The SMILES string of the molecule is Cc1ncccc1[C@@H]1CN(C(=O)OC(C)(C)C)CC[C@H]1O. The van der Waals surface area contributed by atoms with E-state index in [0.717, 1.165) is 11.3 Å². The van der Waals surface area contributed by atoms with Crippen LogP contribution in [0.5, 0.6) is 0 Å². The van der Waals surface area contributed by atoms with Crippen LogP contribution in [0.4, 0.5) is 4.79 Å². The maximum Gasteiger partial charge on any atom is 0.410 e. The summed E-state index contributed by atoms with van der Waals surface area (Å²) in [4.78, 5) is 18.1. The number of aryl methyl sites for hydroxylation is 1. The van der Waals surface area contributed by atoms with Crippen molar-refractivity contribution in [2.24, 2.45) is 0 Å². The van der Waals surface area contributed by atoms with Crippen molar-refractivity contribution < 1.29 is 14.6 Å². The van der Waals surface area contributed by atoms with E-state index < -0.39 is 11.7 Å². The minimum absolute atomic E-state index is 0.111. The molecular weight excluding hydrogens is 268 g/mol. The lowest BCUT2D eigenvalue weighted by atomic mass is 9.87. The number of pyridine rings is 1. The van der Waals surface area contributed by atoms with Crippen molar-refractivity contribution in [3.63, 3.8) is 0 Å². The third-order valence-electron chi connectivity index (χ3n) is 3.68. The fourth-order valence-corrected chi connectivity index (χ4v) is 2.63. The molecule has 0 radical (unpaired) electrons. The van der Waals surface area contributed by atoms with Crippen LogP contribution in [0, 0.1) is 6.92 Å². The summed E-state index contributed by atoms with van der Waals surface area (Å²) in [6.45, 7) is 8.47. The molecule has 116 valence electrons. The molecule has 0 spiro atoms. The number of likely N-dealkylation sites (tertiary alicyclic amines) is 1. The minimum Gasteiger partial charge on any atom is -0.444 e. The number of amides is 1. The largest absolute Gasteiger partial charge is 0.444 e. The van der Waals surface area contributed by atoms with E-state index in [4.69, 9.17) is 4.74 Å². The molecule has 1 N–H and O–H groups in total. The van der Waals surface area contributed by atoms with E-state index in [2.05, 4.69) is 4.98 Å². The first kappa shape index (κ1) is 15.8. The smallest absolute Gasteiger partial charge is 0.410 e. The highest BCUT2D eigenvalue weighted by molar-refractivity contribution is 5.68. The summed E-state index contributed by atoms with van der Waals surface area (Å²) in [6, 6.07) is 3.83. The van der Waals surface area contributed by atoms with Gasteiger partial charge in [0.1, 0.15) is 5.60 Å². The van der Waals surface area contributed by atoms with Gasteiger partial charge in [0.25, 0.3) is 0 Å². The number of nitrogens with zero attached hydrogens (tertiary/aromatic N) is 2. The standard InChI is InChI=1S/C16H24N2O3/c1-11-12(6-5-8-17-11)13-10-18(9-7-14(13)19)15(20)21-16(2,3)4/h5-6,8,13-14,19H,7,9-10H2,1-4H3/t13-,14+/m0/s1. The molecule has 5 nitrogen and oxygen atoms in total. The van der Waals surface area contributed by atoms with E-state index >= 15 is 0 Å². The van der Waals surface area contributed by atoms with Crippen molar-refractivity contribution in [2.75, 3.05) is 13.1 Å². The molecule has 0 bridgehead atoms. The van der Waals surface area contributed by atoms with Crippen LogP contribution in [-0.4, -0.2) is 45.9 Å². The Labute approximate surface area is 125 Å². The molecule has 0 saturated carbocycles. The average molecular weight is 292 g/mol. The number of aromatic nitrogens is 1. The van der Waals surface area contributed by atoms with Crippen LogP contribution in [0.25, 0.3) is 0 Å². The van der Waals surface area contributed by atoms with Crippen LogP contribution in [0.3, 0.4) is 0 Å². The van der Waals surface area contributed by atoms with Crippen molar-refractivity contribution in [3.8, 4) is 0 Å². The van der Waals surface area contributed by atoms with Gasteiger partial charge >= 0.3 is 6.09 Å². The minimum atomic E-state index is -0.507. The normalized spacial score (nSPS) is 23.0. The molecule has 1 aliphatic rings. The lowest BCUT2D eigenvalue weighted by Gasteiger charge is -2.37. The number of carbonyl (C=O) groups excluding carboxylic acids is 1. The fourth-order valence-electron chi connectivity index (χ4n) is 2.63. The van der Waals surface area contributed by atoms with Gasteiger partial charge < -0.3 is 14.7 Å². The third kappa shape index (κ3) is 3.94. The summed E-state index contributed by atoms with van der Waals surface area (Å²) in [5, 5.41) is 10.3. The van der Waals surface area contributed by atoms with E-state index in [0.29, 0.717) is 19.5 Å². The van der Waals surface area contributed by atoms with E-state index in [9.17, 15) is 9.90 Å². The highest BCUT2D eigenvalue weighted by atomic mass is 16.6. The Hall–Kier alpha value is -1.62. The number of ether oxygens (including phenoxy) is 1. The first-order valence-electron chi connectivity index (χ1n) is 7.35. The predicted molar refractivity (Wildman–Crippen MR) is 80.1 cm³/mol. The number of aliphatic hydroxyl groups excluding tert-OH is 1. The molecule has 1 aromatic rings. The Morgan fingerprint density at radius 3 is 2.81 bits per heavy atom. The molecule has 0 aromatic carbocycles.